The van der Waals surface area contributed by atoms with Gasteiger partial charge in [0.1, 0.15) is 5.82 Å². The molecule has 2 aromatic heterocycles. The lowest BCUT2D eigenvalue weighted by atomic mass is 10.2. The number of nitrogens with zero attached hydrogens (tertiary/aromatic N) is 2. The van der Waals surface area contributed by atoms with Crippen molar-refractivity contribution in [1.29, 1.82) is 0 Å². The number of furan rings is 1. The van der Waals surface area contributed by atoms with Crippen LogP contribution < -0.4 is 5.32 Å². The first kappa shape index (κ1) is 17.3. The van der Waals surface area contributed by atoms with Crippen molar-refractivity contribution in [2.24, 2.45) is 0 Å². The van der Waals surface area contributed by atoms with Gasteiger partial charge in [0.05, 0.1) is 17.3 Å². The third-order valence-electron chi connectivity index (χ3n) is 4.33. The molecule has 0 saturated heterocycles. The molecule has 1 amide bonds. The minimum Gasteiger partial charge on any atom is -0.459 e. The number of nitrogens with one attached hydrogen (secondary N) is 1. The largest absolute Gasteiger partial charge is 0.459 e. The zero-order chi connectivity index (χ0) is 17.5. The SMILES string of the molecule is CCCCCn1c(CCCNC(=O)c2ccco2)nc2ccccc21. The Bertz CT molecular complexity index is 806. The normalized spacial score (nSPS) is 11.1. The van der Waals surface area contributed by atoms with Gasteiger partial charge in [0.25, 0.3) is 5.91 Å². The molecule has 5 heteroatoms. The molecule has 0 radical (unpaired) electrons. The highest BCUT2D eigenvalue weighted by Crippen LogP contribution is 2.18. The number of rotatable bonds is 9. The van der Waals surface area contributed by atoms with Gasteiger partial charge in [-0.05, 0) is 37.1 Å². The molecule has 0 fully saturated rings. The highest BCUT2D eigenvalue weighted by atomic mass is 16.3. The molecule has 0 unspecified atom stereocenters. The minimum atomic E-state index is -0.165. The van der Waals surface area contributed by atoms with Gasteiger partial charge in [0, 0.05) is 19.5 Å². The number of imidazole rings is 1. The average molecular weight is 339 g/mol. The Morgan fingerprint density at radius 3 is 2.84 bits per heavy atom. The summed E-state index contributed by atoms with van der Waals surface area (Å²) in [5, 5.41) is 2.89. The van der Waals surface area contributed by atoms with Gasteiger partial charge in [-0.1, -0.05) is 31.9 Å². The molecule has 0 spiro atoms. The number of fused-ring (bicyclic) bond motifs is 1. The second kappa shape index (κ2) is 8.51. The molecule has 3 aromatic rings. The number of hydrogen-bond donors (Lipinski definition) is 1. The van der Waals surface area contributed by atoms with Gasteiger partial charge in [-0.15, -0.1) is 0 Å². The van der Waals surface area contributed by atoms with Gasteiger partial charge in [0.2, 0.25) is 0 Å². The van der Waals surface area contributed by atoms with Crippen molar-refractivity contribution in [3.63, 3.8) is 0 Å². The van der Waals surface area contributed by atoms with Crippen LogP contribution in [0.25, 0.3) is 11.0 Å². The molecule has 5 nitrogen and oxygen atoms in total. The summed E-state index contributed by atoms with van der Waals surface area (Å²) in [7, 11) is 0. The van der Waals surface area contributed by atoms with Crippen molar-refractivity contribution in [1.82, 2.24) is 14.9 Å². The van der Waals surface area contributed by atoms with E-state index in [4.69, 9.17) is 9.40 Å². The molecule has 132 valence electrons. The highest BCUT2D eigenvalue weighted by Gasteiger charge is 2.11. The second-order valence-corrected chi connectivity index (χ2v) is 6.21. The summed E-state index contributed by atoms with van der Waals surface area (Å²) in [4.78, 5) is 16.7. The Balaban J connectivity index is 1.60. The van der Waals surface area contributed by atoms with Crippen LogP contribution in [0.2, 0.25) is 0 Å². The molecule has 0 atom stereocenters. The lowest BCUT2D eigenvalue weighted by Gasteiger charge is -2.09. The number of hydrogen-bond acceptors (Lipinski definition) is 3. The van der Waals surface area contributed by atoms with Crippen molar-refractivity contribution in [3.05, 3.63) is 54.2 Å². The predicted molar refractivity (Wildman–Crippen MR) is 98.6 cm³/mol. The molecule has 0 saturated carbocycles. The summed E-state index contributed by atoms with van der Waals surface area (Å²) >= 11 is 0. The van der Waals surface area contributed by atoms with E-state index < -0.39 is 0 Å². The zero-order valence-electron chi connectivity index (χ0n) is 14.7. The van der Waals surface area contributed by atoms with E-state index in [2.05, 4.69) is 35.0 Å². The monoisotopic (exact) mass is 339 g/mol. The molecule has 0 bridgehead atoms. The first-order chi connectivity index (χ1) is 12.3. The van der Waals surface area contributed by atoms with Gasteiger partial charge in [-0.3, -0.25) is 4.79 Å². The first-order valence-corrected chi connectivity index (χ1v) is 9.05. The van der Waals surface area contributed by atoms with Crippen LogP contribution in [0.5, 0.6) is 0 Å². The van der Waals surface area contributed by atoms with E-state index in [1.54, 1.807) is 12.1 Å². The third-order valence-corrected chi connectivity index (χ3v) is 4.33. The number of benzene rings is 1. The second-order valence-electron chi connectivity index (χ2n) is 6.21. The van der Waals surface area contributed by atoms with Crippen molar-refractivity contribution in [2.75, 3.05) is 6.54 Å². The lowest BCUT2D eigenvalue weighted by Crippen LogP contribution is -2.24. The van der Waals surface area contributed by atoms with E-state index in [9.17, 15) is 4.79 Å². The van der Waals surface area contributed by atoms with Gasteiger partial charge >= 0.3 is 0 Å². The van der Waals surface area contributed by atoms with Gasteiger partial charge in [0.15, 0.2) is 5.76 Å². The maximum atomic E-state index is 11.9. The van der Waals surface area contributed by atoms with Crippen molar-refractivity contribution in [3.8, 4) is 0 Å². The van der Waals surface area contributed by atoms with Crippen molar-refractivity contribution in [2.45, 2.75) is 45.6 Å². The predicted octanol–water partition coefficient (Wildman–Crippen LogP) is 4.18. The third kappa shape index (κ3) is 4.29. The standard InChI is InChI=1S/C20H25N3O2/c1-2-3-6-14-23-17-10-5-4-9-16(17)22-19(23)12-7-13-21-20(24)18-11-8-15-25-18/h4-5,8-11,15H,2-3,6-7,12-14H2,1H3,(H,21,24). The highest BCUT2D eigenvalue weighted by molar-refractivity contribution is 5.91. The van der Waals surface area contributed by atoms with Crippen molar-refractivity contribution >= 4 is 16.9 Å². The number of carbonyl (C=O) groups excluding carboxylic acids is 1. The van der Waals surface area contributed by atoms with Gasteiger partial charge in [-0.2, -0.15) is 0 Å². The molecular weight excluding hydrogens is 314 g/mol. The maximum absolute atomic E-state index is 11.9. The molecule has 0 aliphatic heterocycles. The number of aromatic nitrogens is 2. The summed E-state index contributed by atoms with van der Waals surface area (Å²) < 4.78 is 7.43. The number of unbranched alkanes of at least 4 members (excludes halogenated alkanes) is 2. The van der Waals surface area contributed by atoms with Crippen LogP contribution >= 0.6 is 0 Å². The quantitative estimate of drug-likeness (QED) is 0.595. The zero-order valence-corrected chi connectivity index (χ0v) is 14.7. The molecule has 1 aromatic carbocycles. The molecule has 2 heterocycles. The van der Waals surface area contributed by atoms with E-state index in [0.29, 0.717) is 12.3 Å². The Morgan fingerprint density at radius 2 is 2.04 bits per heavy atom. The molecule has 25 heavy (non-hydrogen) atoms. The fourth-order valence-electron chi connectivity index (χ4n) is 3.03. The Morgan fingerprint density at radius 1 is 1.16 bits per heavy atom. The summed E-state index contributed by atoms with van der Waals surface area (Å²) in [5.41, 5.74) is 2.25. The topological polar surface area (TPSA) is 60.1 Å². The average Bonchev–Trinajstić information content (AvgIpc) is 3.27. The van der Waals surface area contributed by atoms with Crippen molar-refractivity contribution < 1.29 is 9.21 Å². The molecule has 3 rings (SSSR count). The summed E-state index contributed by atoms with van der Waals surface area (Å²) in [6, 6.07) is 11.7. The summed E-state index contributed by atoms with van der Waals surface area (Å²) in [6.45, 7) is 3.83. The van der Waals surface area contributed by atoms with Crippen LogP contribution in [0.15, 0.2) is 47.1 Å². The van der Waals surface area contributed by atoms with Crippen LogP contribution in [0.3, 0.4) is 0 Å². The fourth-order valence-corrected chi connectivity index (χ4v) is 3.03. The van der Waals surface area contributed by atoms with Crippen LogP contribution in [0.4, 0.5) is 0 Å². The van der Waals surface area contributed by atoms with Crippen LogP contribution in [0.1, 0.15) is 49.0 Å². The minimum absolute atomic E-state index is 0.165. The van der Waals surface area contributed by atoms with Crippen LogP contribution in [0, 0.1) is 0 Å². The smallest absolute Gasteiger partial charge is 0.286 e. The van der Waals surface area contributed by atoms with Gasteiger partial charge in [-0.25, -0.2) is 4.98 Å². The first-order valence-electron chi connectivity index (χ1n) is 9.05. The molecule has 0 aliphatic carbocycles. The van der Waals surface area contributed by atoms with E-state index in [0.717, 1.165) is 30.7 Å². The van der Waals surface area contributed by atoms with Crippen LogP contribution in [-0.2, 0) is 13.0 Å². The number of aryl methyl sites for hydroxylation is 2. The fraction of sp³-hybridized carbons (Fsp3) is 0.400. The Kier molecular flexibility index (Phi) is 5.88. The molecule has 0 aliphatic rings. The maximum Gasteiger partial charge on any atom is 0.286 e. The Labute approximate surface area is 148 Å². The number of para-hydroxylation sites is 2. The van der Waals surface area contributed by atoms with Crippen LogP contribution in [-0.4, -0.2) is 22.0 Å². The molecular formula is C20H25N3O2. The van der Waals surface area contributed by atoms with E-state index in [-0.39, 0.29) is 5.91 Å². The van der Waals surface area contributed by atoms with E-state index in [1.165, 1.54) is 31.0 Å². The lowest BCUT2D eigenvalue weighted by molar-refractivity contribution is 0.0925. The summed E-state index contributed by atoms with van der Waals surface area (Å²) in [5.74, 6) is 1.29. The number of carbonyl (C=O) groups is 1. The Hall–Kier alpha value is -2.56. The van der Waals surface area contributed by atoms with Gasteiger partial charge < -0.3 is 14.3 Å². The van der Waals surface area contributed by atoms with E-state index >= 15 is 0 Å². The van der Waals surface area contributed by atoms with E-state index in [1.807, 2.05) is 6.07 Å². The molecule has 1 N–H and O–H groups in total. The summed E-state index contributed by atoms with van der Waals surface area (Å²) in [6.07, 6.45) is 6.81. The number of amides is 1.